The van der Waals surface area contributed by atoms with Crippen molar-refractivity contribution in [3.05, 3.63) is 28.8 Å². The summed E-state index contributed by atoms with van der Waals surface area (Å²) < 4.78 is 37.0. The predicted octanol–water partition coefficient (Wildman–Crippen LogP) is 3.17. The van der Waals surface area contributed by atoms with Gasteiger partial charge in [0.15, 0.2) is 0 Å². The summed E-state index contributed by atoms with van der Waals surface area (Å²) in [6, 6.07) is 3.86. The molecule has 0 saturated carbocycles. The van der Waals surface area contributed by atoms with E-state index >= 15 is 0 Å². The minimum atomic E-state index is -4.42. The van der Waals surface area contributed by atoms with Crippen LogP contribution in [0.2, 0.25) is 0 Å². The summed E-state index contributed by atoms with van der Waals surface area (Å²) in [7, 11) is 0. The van der Waals surface area contributed by atoms with Gasteiger partial charge in [-0.2, -0.15) is 18.4 Å². The third-order valence-corrected chi connectivity index (χ3v) is 2.14. The molecule has 5 heteroatoms. The second-order valence-corrected chi connectivity index (χ2v) is 3.28. The summed E-state index contributed by atoms with van der Waals surface area (Å²) in [6.07, 6.45) is -4.42. The van der Waals surface area contributed by atoms with Crippen molar-refractivity contribution >= 4 is 12.6 Å². The van der Waals surface area contributed by atoms with Gasteiger partial charge < -0.3 is 0 Å². The van der Waals surface area contributed by atoms with Crippen molar-refractivity contribution in [1.29, 1.82) is 5.26 Å². The van der Waals surface area contributed by atoms with Crippen molar-refractivity contribution in [3.8, 4) is 6.07 Å². The monoisotopic (exact) mass is 217 g/mol. The highest BCUT2D eigenvalue weighted by molar-refractivity contribution is 7.80. The molecule has 1 aromatic carbocycles. The number of hydrogen-bond acceptors (Lipinski definition) is 2. The van der Waals surface area contributed by atoms with Crippen LogP contribution < -0.4 is 0 Å². The molecule has 0 amide bonds. The molecule has 1 aromatic rings. The van der Waals surface area contributed by atoms with Crippen LogP contribution in [0.3, 0.4) is 0 Å². The molecule has 0 aliphatic rings. The molecule has 1 rings (SSSR count). The fourth-order valence-corrected chi connectivity index (χ4v) is 1.36. The summed E-state index contributed by atoms with van der Waals surface area (Å²) in [6.45, 7) is 1.46. The van der Waals surface area contributed by atoms with Crippen molar-refractivity contribution in [2.24, 2.45) is 0 Å². The third-order valence-electron chi connectivity index (χ3n) is 1.77. The predicted molar refractivity (Wildman–Crippen MR) is 48.1 cm³/mol. The van der Waals surface area contributed by atoms with Crippen LogP contribution in [-0.2, 0) is 6.18 Å². The second-order valence-electron chi connectivity index (χ2n) is 2.79. The highest BCUT2D eigenvalue weighted by Gasteiger charge is 2.33. The zero-order valence-corrected chi connectivity index (χ0v) is 8.08. The molecule has 0 aliphatic heterocycles. The Bertz CT molecular complexity index is 404. The Hall–Kier alpha value is -1.15. The lowest BCUT2D eigenvalue weighted by atomic mass is 10.1. The summed E-state index contributed by atoms with van der Waals surface area (Å²) >= 11 is 3.69. The van der Waals surface area contributed by atoms with E-state index in [0.29, 0.717) is 5.56 Å². The summed E-state index contributed by atoms with van der Waals surface area (Å²) in [5, 5.41) is 8.57. The topological polar surface area (TPSA) is 23.8 Å². The number of benzene rings is 1. The van der Waals surface area contributed by atoms with Gasteiger partial charge in [0, 0.05) is 4.90 Å². The second kappa shape index (κ2) is 3.54. The maximum atomic E-state index is 12.3. The van der Waals surface area contributed by atoms with Crippen LogP contribution in [0.25, 0.3) is 0 Å². The molecule has 74 valence electrons. The van der Waals surface area contributed by atoms with E-state index in [4.69, 9.17) is 5.26 Å². The van der Waals surface area contributed by atoms with Crippen molar-refractivity contribution in [2.45, 2.75) is 18.0 Å². The molecule has 0 unspecified atom stereocenters. The van der Waals surface area contributed by atoms with Crippen LogP contribution in [0.15, 0.2) is 17.0 Å². The van der Waals surface area contributed by atoms with Crippen LogP contribution in [0.1, 0.15) is 16.7 Å². The van der Waals surface area contributed by atoms with Gasteiger partial charge in [-0.3, -0.25) is 0 Å². The zero-order chi connectivity index (χ0) is 10.9. The molecular weight excluding hydrogens is 211 g/mol. The van der Waals surface area contributed by atoms with E-state index in [2.05, 4.69) is 12.6 Å². The Labute approximate surface area is 84.6 Å². The lowest BCUT2D eigenvalue weighted by Crippen LogP contribution is -2.07. The average Bonchev–Trinajstić information content (AvgIpc) is 2.06. The first-order valence-electron chi connectivity index (χ1n) is 3.67. The number of thiol groups is 1. The van der Waals surface area contributed by atoms with Gasteiger partial charge in [-0.05, 0) is 24.6 Å². The Morgan fingerprint density at radius 3 is 2.36 bits per heavy atom. The quantitative estimate of drug-likeness (QED) is 0.663. The van der Waals surface area contributed by atoms with Crippen LogP contribution in [0, 0.1) is 18.3 Å². The largest absolute Gasteiger partial charge is 0.417 e. The van der Waals surface area contributed by atoms with Gasteiger partial charge >= 0.3 is 6.18 Å². The fraction of sp³-hybridized carbons (Fsp3) is 0.222. The van der Waals surface area contributed by atoms with Gasteiger partial charge in [0.25, 0.3) is 0 Å². The third kappa shape index (κ3) is 2.02. The van der Waals surface area contributed by atoms with Crippen molar-refractivity contribution in [1.82, 2.24) is 0 Å². The molecule has 0 N–H and O–H groups in total. The van der Waals surface area contributed by atoms with Gasteiger partial charge in [0.05, 0.1) is 17.2 Å². The van der Waals surface area contributed by atoms with E-state index in [9.17, 15) is 13.2 Å². The number of nitrogens with zero attached hydrogens (tertiary/aromatic N) is 1. The van der Waals surface area contributed by atoms with E-state index in [1.165, 1.54) is 6.92 Å². The molecule has 0 spiro atoms. The minimum absolute atomic E-state index is 0.211. The number of aryl methyl sites for hydroxylation is 1. The first-order chi connectivity index (χ1) is 6.36. The Kier molecular flexibility index (Phi) is 2.76. The fourth-order valence-electron chi connectivity index (χ4n) is 1.04. The highest BCUT2D eigenvalue weighted by atomic mass is 32.1. The standard InChI is InChI=1S/C9H6F3NS/c1-5-2-7(9(10,11)12)8(14)3-6(5)4-13/h2-3,14H,1H3. The van der Waals surface area contributed by atoms with Crippen LogP contribution in [0.5, 0.6) is 0 Å². The van der Waals surface area contributed by atoms with Crippen LogP contribution in [0.4, 0.5) is 13.2 Å². The molecule has 0 saturated heterocycles. The van der Waals surface area contributed by atoms with E-state index in [0.717, 1.165) is 12.1 Å². The molecule has 1 nitrogen and oxygen atoms in total. The lowest BCUT2D eigenvalue weighted by Gasteiger charge is -2.10. The Balaban J connectivity index is 3.38. The van der Waals surface area contributed by atoms with E-state index in [1.54, 1.807) is 6.07 Å². The van der Waals surface area contributed by atoms with Crippen molar-refractivity contribution in [2.75, 3.05) is 0 Å². The number of hydrogen-bond donors (Lipinski definition) is 1. The van der Waals surface area contributed by atoms with Crippen molar-refractivity contribution in [3.63, 3.8) is 0 Å². The van der Waals surface area contributed by atoms with Gasteiger partial charge in [0.1, 0.15) is 0 Å². The molecule has 0 radical (unpaired) electrons. The SMILES string of the molecule is Cc1cc(C(F)(F)F)c(S)cc1C#N. The zero-order valence-electron chi connectivity index (χ0n) is 7.18. The first kappa shape index (κ1) is 10.9. The highest BCUT2D eigenvalue weighted by Crippen LogP contribution is 2.35. The molecule has 0 aliphatic carbocycles. The smallest absolute Gasteiger partial charge is 0.192 e. The average molecular weight is 217 g/mol. The molecule has 0 heterocycles. The van der Waals surface area contributed by atoms with Crippen LogP contribution in [-0.4, -0.2) is 0 Å². The van der Waals surface area contributed by atoms with E-state index in [1.807, 2.05) is 0 Å². The van der Waals surface area contributed by atoms with E-state index in [-0.39, 0.29) is 10.5 Å². The number of nitriles is 1. The summed E-state index contributed by atoms with van der Waals surface area (Å²) in [5.41, 5.74) is -0.294. The summed E-state index contributed by atoms with van der Waals surface area (Å²) in [5.74, 6) is 0. The maximum Gasteiger partial charge on any atom is 0.417 e. The molecule has 0 bridgehead atoms. The molecule has 0 atom stereocenters. The van der Waals surface area contributed by atoms with Gasteiger partial charge in [-0.15, -0.1) is 12.6 Å². The van der Waals surface area contributed by atoms with Gasteiger partial charge in [-0.1, -0.05) is 0 Å². The Morgan fingerprint density at radius 1 is 1.36 bits per heavy atom. The van der Waals surface area contributed by atoms with Crippen LogP contribution >= 0.6 is 12.6 Å². The lowest BCUT2D eigenvalue weighted by molar-refractivity contribution is -0.139. The maximum absolute atomic E-state index is 12.3. The summed E-state index contributed by atoms with van der Waals surface area (Å²) in [4.78, 5) is -0.223. The normalized spacial score (nSPS) is 11.1. The number of rotatable bonds is 0. The number of halogens is 3. The first-order valence-corrected chi connectivity index (χ1v) is 4.12. The minimum Gasteiger partial charge on any atom is -0.192 e. The Morgan fingerprint density at radius 2 is 1.93 bits per heavy atom. The van der Waals surface area contributed by atoms with E-state index < -0.39 is 11.7 Å². The van der Waals surface area contributed by atoms with Crippen molar-refractivity contribution < 1.29 is 13.2 Å². The molecule has 0 fully saturated rings. The molecule has 0 aromatic heterocycles. The number of alkyl halides is 3. The van der Waals surface area contributed by atoms with Gasteiger partial charge in [0.2, 0.25) is 0 Å². The van der Waals surface area contributed by atoms with Gasteiger partial charge in [-0.25, -0.2) is 0 Å². The molecule has 14 heavy (non-hydrogen) atoms. The molecular formula is C9H6F3NS.